The summed E-state index contributed by atoms with van der Waals surface area (Å²) in [4.78, 5) is 29.0. The Balaban J connectivity index is 1.71. The standard InChI is InChI=1S/C32H38ClN3O5S/c1-22-12-15-28(16-13-22)42(39,40)36(27-14-17-30(41-4)29(33)19-27)21-31(37)35(20-25-9-7-8-23(2)18-25)24(3)32(38)34-26-10-5-6-11-26/h7-9,12-19,24,26H,5-6,10-11,20-21H2,1-4H3,(H,34,38). The summed E-state index contributed by atoms with van der Waals surface area (Å²) in [7, 11) is -2.73. The number of hydrogen-bond donors (Lipinski definition) is 1. The number of methoxy groups -OCH3 is 1. The summed E-state index contributed by atoms with van der Waals surface area (Å²) in [5.41, 5.74) is 2.95. The lowest BCUT2D eigenvalue weighted by Gasteiger charge is -2.32. The molecule has 1 fully saturated rings. The first-order valence-corrected chi connectivity index (χ1v) is 15.9. The van der Waals surface area contributed by atoms with Crippen molar-refractivity contribution in [1.82, 2.24) is 10.2 Å². The second kappa shape index (κ2) is 13.6. The molecule has 1 unspecified atom stereocenters. The zero-order valence-corrected chi connectivity index (χ0v) is 26.0. The highest BCUT2D eigenvalue weighted by molar-refractivity contribution is 7.92. The van der Waals surface area contributed by atoms with Gasteiger partial charge in [-0.3, -0.25) is 13.9 Å². The fourth-order valence-electron chi connectivity index (χ4n) is 5.16. The number of rotatable bonds is 11. The second-order valence-electron chi connectivity index (χ2n) is 10.8. The first-order chi connectivity index (χ1) is 20.0. The van der Waals surface area contributed by atoms with Crippen LogP contribution in [0.3, 0.4) is 0 Å². The van der Waals surface area contributed by atoms with Crippen LogP contribution in [0.4, 0.5) is 5.69 Å². The highest BCUT2D eigenvalue weighted by Crippen LogP contribution is 2.32. The fraction of sp³-hybridized carbons (Fsp3) is 0.375. The smallest absolute Gasteiger partial charge is 0.264 e. The van der Waals surface area contributed by atoms with E-state index >= 15 is 0 Å². The number of nitrogens with zero attached hydrogens (tertiary/aromatic N) is 2. The van der Waals surface area contributed by atoms with E-state index in [0.29, 0.717) is 5.75 Å². The van der Waals surface area contributed by atoms with Crippen LogP contribution in [0.5, 0.6) is 5.75 Å². The van der Waals surface area contributed by atoms with Crippen LogP contribution in [0.15, 0.2) is 71.6 Å². The summed E-state index contributed by atoms with van der Waals surface area (Å²) >= 11 is 6.39. The largest absolute Gasteiger partial charge is 0.495 e. The number of hydrogen-bond acceptors (Lipinski definition) is 5. The van der Waals surface area contributed by atoms with Gasteiger partial charge in [0.05, 0.1) is 22.7 Å². The van der Waals surface area contributed by atoms with E-state index in [-0.39, 0.29) is 34.1 Å². The molecule has 1 N–H and O–H groups in total. The molecule has 4 rings (SSSR count). The molecule has 0 heterocycles. The Morgan fingerprint density at radius 2 is 1.69 bits per heavy atom. The first-order valence-electron chi connectivity index (χ1n) is 14.1. The molecule has 42 heavy (non-hydrogen) atoms. The Kier molecular flexibility index (Phi) is 10.2. The third-order valence-corrected chi connectivity index (χ3v) is 9.70. The maximum absolute atomic E-state index is 14.1. The molecule has 1 aliphatic carbocycles. The number of sulfonamides is 1. The minimum atomic E-state index is -4.19. The van der Waals surface area contributed by atoms with Crippen molar-refractivity contribution in [2.45, 2.75) is 70.0 Å². The average Bonchev–Trinajstić information content (AvgIpc) is 3.47. The molecule has 1 aliphatic rings. The van der Waals surface area contributed by atoms with Gasteiger partial charge >= 0.3 is 0 Å². The van der Waals surface area contributed by atoms with Crippen molar-refractivity contribution < 1.29 is 22.7 Å². The Labute approximate surface area is 253 Å². The molecule has 1 atom stereocenters. The molecule has 0 bridgehead atoms. The third kappa shape index (κ3) is 7.44. The van der Waals surface area contributed by atoms with Gasteiger partial charge in [0.2, 0.25) is 11.8 Å². The van der Waals surface area contributed by atoms with Gasteiger partial charge in [0.15, 0.2) is 0 Å². The number of carbonyl (C=O) groups is 2. The molecular formula is C32H38ClN3O5S. The van der Waals surface area contributed by atoms with E-state index in [1.54, 1.807) is 31.2 Å². The minimum absolute atomic E-state index is 0.0325. The summed E-state index contributed by atoms with van der Waals surface area (Å²) in [5.74, 6) is -0.408. The van der Waals surface area contributed by atoms with Crippen LogP contribution in [0.25, 0.3) is 0 Å². The maximum Gasteiger partial charge on any atom is 0.264 e. The van der Waals surface area contributed by atoms with Crippen molar-refractivity contribution in [2.24, 2.45) is 0 Å². The predicted octanol–water partition coefficient (Wildman–Crippen LogP) is 5.64. The van der Waals surface area contributed by atoms with Crippen LogP contribution in [0.1, 0.15) is 49.3 Å². The quantitative estimate of drug-likeness (QED) is 0.303. The van der Waals surface area contributed by atoms with E-state index in [0.717, 1.165) is 46.7 Å². The van der Waals surface area contributed by atoms with Crippen LogP contribution in [-0.4, -0.2) is 50.9 Å². The number of benzene rings is 3. The molecule has 0 spiro atoms. The molecule has 1 saturated carbocycles. The lowest BCUT2D eigenvalue weighted by atomic mass is 10.1. The molecule has 0 aromatic heterocycles. The van der Waals surface area contributed by atoms with Crippen molar-refractivity contribution in [3.63, 3.8) is 0 Å². The number of aryl methyl sites for hydroxylation is 2. The van der Waals surface area contributed by atoms with Gasteiger partial charge in [0.25, 0.3) is 10.0 Å². The third-order valence-electron chi connectivity index (χ3n) is 7.62. The molecule has 2 amide bonds. The van der Waals surface area contributed by atoms with Gasteiger partial charge in [-0.2, -0.15) is 0 Å². The van der Waals surface area contributed by atoms with Gasteiger partial charge < -0.3 is 15.0 Å². The molecule has 0 aliphatic heterocycles. The van der Waals surface area contributed by atoms with Crippen molar-refractivity contribution in [3.05, 3.63) is 88.4 Å². The lowest BCUT2D eigenvalue weighted by Crippen LogP contribution is -2.52. The predicted molar refractivity (Wildman–Crippen MR) is 165 cm³/mol. The van der Waals surface area contributed by atoms with E-state index < -0.39 is 28.5 Å². The molecule has 10 heteroatoms. The van der Waals surface area contributed by atoms with Crippen LogP contribution in [0.2, 0.25) is 5.02 Å². The molecule has 3 aromatic carbocycles. The van der Waals surface area contributed by atoms with Crippen LogP contribution in [0, 0.1) is 13.8 Å². The highest BCUT2D eigenvalue weighted by Gasteiger charge is 2.33. The summed E-state index contributed by atoms with van der Waals surface area (Å²) in [5, 5.41) is 3.28. The summed E-state index contributed by atoms with van der Waals surface area (Å²) < 4.78 is 34.3. The summed E-state index contributed by atoms with van der Waals surface area (Å²) in [6.07, 6.45) is 3.93. The molecule has 0 saturated heterocycles. The monoisotopic (exact) mass is 611 g/mol. The van der Waals surface area contributed by atoms with E-state index in [4.69, 9.17) is 16.3 Å². The van der Waals surface area contributed by atoms with Gasteiger partial charge in [-0.15, -0.1) is 0 Å². The Morgan fingerprint density at radius 3 is 2.31 bits per heavy atom. The SMILES string of the molecule is COc1ccc(N(CC(=O)N(Cc2cccc(C)c2)C(C)C(=O)NC2CCCC2)S(=O)(=O)c2ccc(C)cc2)cc1Cl. The van der Waals surface area contributed by atoms with Crippen molar-refractivity contribution >= 4 is 39.1 Å². The lowest BCUT2D eigenvalue weighted by molar-refractivity contribution is -0.139. The zero-order chi connectivity index (χ0) is 30.4. The number of amides is 2. The van der Waals surface area contributed by atoms with E-state index in [1.165, 1.54) is 30.2 Å². The van der Waals surface area contributed by atoms with E-state index in [1.807, 2.05) is 38.1 Å². The molecular weight excluding hydrogens is 574 g/mol. The minimum Gasteiger partial charge on any atom is -0.495 e. The van der Waals surface area contributed by atoms with E-state index in [2.05, 4.69) is 5.32 Å². The number of carbonyl (C=O) groups excluding carboxylic acids is 2. The van der Waals surface area contributed by atoms with Crippen LogP contribution in [-0.2, 0) is 26.2 Å². The Hall–Kier alpha value is -3.56. The number of anilines is 1. The second-order valence-corrected chi connectivity index (χ2v) is 13.1. The van der Waals surface area contributed by atoms with Crippen LogP contribution < -0.4 is 14.4 Å². The number of nitrogens with one attached hydrogen (secondary N) is 1. The topological polar surface area (TPSA) is 96.0 Å². The van der Waals surface area contributed by atoms with Gasteiger partial charge in [0, 0.05) is 12.6 Å². The molecule has 0 radical (unpaired) electrons. The van der Waals surface area contributed by atoms with Crippen molar-refractivity contribution in [1.29, 1.82) is 0 Å². The Bertz CT molecular complexity index is 1520. The Morgan fingerprint density at radius 1 is 1.00 bits per heavy atom. The van der Waals surface area contributed by atoms with Crippen molar-refractivity contribution in [2.75, 3.05) is 18.0 Å². The summed E-state index contributed by atoms with van der Waals surface area (Å²) in [6, 6.07) is 17.9. The van der Waals surface area contributed by atoms with Gasteiger partial charge in [-0.1, -0.05) is 72.0 Å². The number of halogens is 1. The highest BCUT2D eigenvalue weighted by atomic mass is 35.5. The van der Waals surface area contributed by atoms with E-state index in [9.17, 15) is 18.0 Å². The van der Waals surface area contributed by atoms with Gasteiger partial charge in [-0.05, 0) is 69.5 Å². The van der Waals surface area contributed by atoms with Crippen LogP contribution >= 0.6 is 11.6 Å². The van der Waals surface area contributed by atoms with Gasteiger partial charge in [-0.25, -0.2) is 8.42 Å². The normalized spacial score (nSPS) is 14.3. The zero-order valence-electron chi connectivity index (χ0n) is 24.5. The van der Waals surface area contributed by atoms with Gasteiger partial charge in [0.1, 0.15) is 18.3 Å². The molecule has 8 nitrogen and oxygen atoms in total. The maximum atomic E-state index is 14.1. The fourth-order valence-corrected chi connectivity index (χ4v) is 6.82. The average molecular weight is 612 g/mol. The summed E-state index contributed by atoms with van der Waals surface area (Å²) in [6.45, 7) is 5.10. The molecule has 3 aromatic rings. The molecule has 224 valence electrons. The number of ether oxygens (including phenoxy) is 1. The first kappa shape index (κ1) is 31.4. The van der Waals surface area contributed by atoms with Crippen molar-refractivity contribution in [3.8, 4) is 5.75 Å².